The van der Waals surface area contributed by atoms with Gasteiger partial charge >= 0.3 is 0 Å². The first-order valence-electron chi connectivity index (χ1n) is 5.19. The second-order valence-corrected chi connectivity index (χ2v) is 4.09. The van der Waals surface area contributed by atoms with Gasteiger partial charge in [-0.15, -0.1) is 0 Å². The summed E-state index contributed by atoms with van der Waals surface area (Å²) in [5.74, 6) is 0.512. The zero-order valence-electron chi connectivity index (χ0n) is 8.90. The first kappa shape index (κ1) is 11.0. The van der Waals surface area contributed by atoms with Crippen molar-refractivity contribution in [2.45, 2.75) is 6.42 Å². The summed E-state index contributed by atoms with van der Waals surface area (Å²) in [5, 5.41) is 0. The Morgan fingerprint density at radius 1 is 1.25 bits per heavy atom. The summed E-state index contributed by atoms with van der Waals surface area (Å²) in [7, 11) is 0. The van der Waals surface area contributed by atoms with Gasteiger partial charge in [-0.1, -0.05) is 24.8 Å². The van der Waals surface area contributed by atoms with Gasteiger partial charge < -0.3 is 0 Å². The van der Waals surface area contributed by atoms with E-state index in [9.17, 15) is 4.79 Å². The highest BCUT2D eigenvalue weighted by Crippen LogP contribution is 2.20. The van der Waals surface area contributed by atoms with Crippen molar-refractivity contribution in [3.8, 4) is 0 Å². The summed E-state index contributed by atoms with van der Waals surface area (Å²) in [6.45, 7) is 5.23. The fourth-order valence-corrected chi connectivity index (χ4v) is 1.92. The fraction of sp³-hybridized carbons (Fsp3) is 0.250. The van der Waals surface area contributed by atoms with Crippen LogP contribution in [0, 0.1) is 0 Å². The Kier molecular flexibility index (Phi) is 3.15. The van der Waals surface area contributed by atoms with Crippen LogP contribution in [-0.2, 0) is 0 Å². The Hall–Kier alpha value is -1.48. The molecular weight excluding hydrogens is 224 g/mol. The number of hydrogen-bond donors (Lipinski definition) is 0. The third-order valence-corrected chi connectivity index (χ3v) is 2.96. The average Bonchev–Trinajstić information content (AvgIpc) is 2.33. The second kappa shape index (κ2) is 4.58. The van der Waals surface area contributed by atoms with Gasteiger partial charge in [-0.05, 0) is 18.6 Å². The molecule has 1 aliphatic heterocycles. The quantitative estimate of drug-likeness (QED) is 0.700. The molecule has 1 heterocycles. The molecule has 0 radical (unpaired) electrons. The summed E-state index contributed by atoms with van der Waals surface area (Å²) in [5.41, 5.74) is 0.663. The van der Waals surface area contributed by atoms with Gasteiger partial charge in [0.05, 0.1) is 0 Å². The highest BCUT2D eigenvalue weighted by atomic mass is 35.5. The van der Waals surface area contributed by atoms with Crippen LogP contribution in [0.4, 0.5) is 0 Å². The molecule has 4 heteroatoms. The van der Waals surface area contributed by atoms with Gasteiger partial charge in [0.1, 0.15) is 5.82 Å². The average molecular weight is 237 g/mol. The van der Waals surface area contributed by atoms with Crippen molar-refractivity contribution in [3.05, 3.63) is 48.3 Å². The zero-order chi connectivity index (χ0) is 11.5. The lowest BCUT2D eigenvalue weighted by atomic mass is 10.2. The molecule has 0 aromatic heterocycles. The Morgan fingerprint density at radius 2 is 1.94 bits per heavy atom. The molecular formula is C12H13ClN2O. The van der Waals surface area contributed by atoms with Crippen LogP contribution in [-0.4, -0.2) is 28.3 Å². The summed E-state index contributed by atoms with van der Waals surface area (Å²) < 4.78 is 1.49. The first-order valence-corrected chi connectivity index (χ1v) is 5.53. The van der Waals surface area contributed by atoms with E-state index in [0.717, 1.165) is 13.0 Å². The number of nitrogens with zero attached hydrogens (tertiary/aromatic N) is 2. The molecule has 2 rings (SSSR count). The van der Waals surface area contributed by atoms with E-state index in [1.807, 2.05) is 18.2 Å². The van der Waals surface area contributed by atoms with Crippen LogP contribution in [0.2, 0.25) is 0 Å². The maximum absolute atomic E-state index is 12.1. The van der Waals surface area contributed by atoms with Crippen molar-refractivity contribution < 1.29 is 4.79 Å². The van der Waals surface area contributed by atoms with Crippen molar-refractivity contribution in [3.63, 3.8) is 0 Å². The van der Waals surface area contributed by atoms with Gasteiger partial charge in [0.2, 0.25) is 0 Å². The molecule has 0 spiro atoms. The van der Waals surface area contributed by atoms with Crippen LogP contribution < -0.4 is 0 Å². The molecule has 1 aromatic carbocycles. The second-order valence-electron chi connectivity index (χ2n) is 3.68. The number of amides is 1. The molecule has 0 bridgehead atoms. The molecule has 16 heavy (non-hydrogen) atoms. The van der Waals surface area contributed by atoms with Crippen LogP contribution in [0.25, 0.3) is 0 Å². The maximum atomic E-state index is 12.1. The van der Waals surface area contributed by atoms with E-state index in [-0.39, 0.29) is 5.91 Å². The minimum absolute atomic E-state index is 0.0454. The number of carbonyl (C=O) groups is 1. The largest absolute Gasteiger partial charge is 0.294 e. The molecule has 0 unspecified atom stereocenters. The van der Waals surface area contributed by atoms with E-state index >= 15 is 0 Å². The predicted octanol–water partition coefficient (Wildman–Crippen LogP) is 2.46. The maximum Gasteiger partial charge on any atom is 0.259 e. The summed E-state index contributed by atoms with van der Waals surface area (Å²) in [6, 6.07) is 9.16. The molecule has 1 aliphatic rings. The van der Waals surface area contributed by atoms with Crippen LogP contribution in [0.15, 0.2) is 42.7 Å². The van der Waals surface area contributed by atoms with E-state index in [2.05, 4.69) is 6.58 Å². The highest BCUT2D eigenvalue weighted by molar-refractivity contribution is 6.14. The SMILES string of the molecule is C=C1N(Cl)CCCN1C(=O)c1ccccc1. The Bertz CT molecular complexity index is 405. The van der Waals surface area contributed by atoms with Crippen LogP contribution >= 0.6 is 11.8 Å². The first-order chi connectivity index (χ1) is 7.70. The molecule has 1 saturated heterocycles. The standard InChI is InChI=1S/C12H13ClN2O/c1-10-14(8-5-9-15(10)13)12(16)11-6-3-2-4-7-11/h2-4,6-7H,1,5,8-9H2. The molecule has 1 fully saturated rings. The van der Waals surface area contributed by atoms with Gasteiger partial charge in [0.15, 0.2) is 0 Å². The van der Waals surface area contributed by atoms with E-state index in [1.54, 1.807) is 17.0 Å². The van der Waals surface area contributed by atoms with E-state index < -0.39 is 0 Å². The third kappa shape index (κ3) is 2.04. The Balaban J connectivity index is 2.19. The van der Waals surface area contributed by atoms with Crippen LogP contribution in [0.3, 0.4) is 0 Å². The van der Waals surface area contributed by atoms with Crippen molar-refractivity contribution in [2.24, 2.45) is 0 Å². The lowest BCUT2D eigenvalue weighted by molar-refractivity contribution is 0.0744. The number of halogens is 1. The number of carbonyl (C=O) groups excluding carboxylic acids is 1. The lowest BCUT2D eigenvalue weighted by Gasteiger charge is -2.34. The Labute approximate surface area is 100 Å². The van der Waals surface area contributed by atoms with E-state index in [4.69, 9.17) is 11.8 Å². The molecule has 0 aliphatic carbocycles. The molecule has 1 aromatic rings. The van der Waals surface area contributed by atoms with Gasteiger partial charge in [-0.2, -0.15) is 0 Å². The van der Waals surface area contributed by atoms with Crippen LogP contribution in [0.5, 0.6) is 0 Å². The summed E-state index contributed by atoms with van der Waals surface area (Å²) >= 11 is 5.93. The van der Waals surface area contributed by atoms with Crippen molar-refractivity contribution >= 4 is 17.7 Å². The minimum atomic E-state index is -0.0454. The minimum Gasteiger partial charge on any atom is -0.294 e. The number of benzene rings is 1. The normalized spacial score (nSPS) is 16.4. The van der Waals surface area contributed by atoms with Gasteiger partial charge in [-0.3, -0.25) is 14.1 Å². The zero-order valence-corrected chi connectivity index (χ0v) is 9.65. The topological polar surface area (TPSA) is 23.6 Å². The highest BCUT2D eigenvalue weighted by Gasteiger charge is 2.25. The van der Waals surface area contributed by atoms with Gasteiger partial charge in [-0.25, -0.2) is 0 Å². The smallest absolute Gasteiger partial charge is 0.259 e. The summed E-state index contributed by atoms with van der Waals surface area (Å²) in [4.78, 5) is 13.8. The molecule has 0 atom stereocenters. The third-order valence-electron chi connectivity index (χ3n) is 2.59. The molecule has 1 amide bonds. The van der Waals surface area contributed by atoms with Crippen molar-refractivity contribution in [1.82, 2.24) is 9.32 Å². The van der Waals surface area contributed by atoms with Crippen molar-refractivity contribution in [2.75, 3.05) is 13.1 Å². The molecule has 84 valence electrons. The summed E-state index contributed by atoms with van der Waals surface area (Å²) in [6.07, 6.45) is 0.862. The molecule has 0 N–H and O–H groups in total. The fourth-order valence-electron chi connectivity index (χ4n) is 1.71. The van der Waals surface area contributed by atoms with Gasteiger partial charge in [0.25, 0.3) is 5.91 Å². The number of hydrogen-bond acceptors (Lipinski definition) is 2. The van der Waals surface area contributed by atoms with Gasteiger partial charge in [0, 0.05) is 30.4 Å². The Morgan fingerprint density at radius 3 is 2.62 bits per heavy atom. The van der Waals surface area contributed by atoms with E-state index in [0.29, 0.717) is 17.9 Å². The van der Waals surface area contributed by atoms with E-state index in [1.165, 1.54) is 4.42 Å². The van der Waals surface area contributed by atoms with Crippen LogP contribution in [0.1, 0.15) is 16.8 Å². The van der Waals surface area contributed by atoms with Crippen molar-refractivity contribution in [1.29, 1.82) is 0 Å². The molecule has 3 nitrogen and oxygen atoms in total. The molecule has 0 saturated carbocycles. The number of rotatable bonds is 1. The lowest BCUT2D eigenvalue weighted by Crippen LogP contribution is -2.41. The predicted molar refractivity (Wildman–Crippen MR) is 63.8 cm³/mol. The monoisotopic (exact) mass is 236 g/mol.